The van der Waals surface area contributed by atoms with Crippen LogP contribution in [0.15, 0.2) is 50.7 Å². The molecule has 0 saturated heterocycles. The molecule has 0 heterocycles. The zero-order chi connectivity index (χ0) is 15.2. The van der Waals surface area contributed by atoms with Crippen molar-refractivity contribution >= 4 is 27.7 Å². The van der Waals surface area contributed by atoms with E-state index in [2.05, 4.69) is 78.4 Å². The summed E-state index contributed by atoms with van der Waals surface area (Å²) in [6.07, 6.45) is 1.16. The van der Waals surface area contributed by atoms with E-state index in [0.717, 1.165) is 24.0 Å². The quantitative estimate of drug-likeness (QED) is 0.658. The molecule has 2 aromatic carbocycles. The van der Waals surface area contributed by atoms with Crippen molar-refractivity contribution in [2.24, 2.45) is 0 Å². The van der Waals surface area contributed by atoms with Gasteiger partial charge in [0.15, 0.2) is 0 Å². The third-order valence-corrected chi connectivity index (χ3v) is 5.09. The predicted molar refractivity (Wildman–Crippen MR) is 96.2 cm³/mol. The van der Waals surface area contributed by atoms with Crippen molar-refractivity contribution in [3.8, 4) is 0 Å². The molecule has 0 spiro atoms. The highest BCUT2D eigenvalue weighted by Crippen LogP contribution is 2.34. The summed E-state index contributed by atoms with van der Waals surface area (Å²) < 4.78 is 1.13. The molecule has 112 valence electrons. The lowest BCUT2D eigenvalue weighted by atomic mass is 10.2. The Bertz CT molecular complexity index is 610. The van der Waals surface area contributed by atoms with E-state index in [1.165, 1.54) is 26.5 Å². The summed E-state index contributed by atoms with van der Waals surface area (Å²) in [5, 5.41) is 3.49. The highest BCUT2D eigenvalue weighted by Gasteiger charge is 2.07. The number of rotatable bonds is 6. The van der Waals surface area contributed by atoms with Gasteiger partial charge >= 0.3 is 0 Å². The van der Waals surface area contributed by atoms with Crippen LogP contribution >= 0.6 is 27.7 Å². The van der Waals surface area contributed by atoms with Crippen LogP contribution in [0.25, 0.3) is 0 Å². The lowest BCUT2D eigenvalue weighted by Crippen LogP contribution is -2.14. The van der Waals surface area contributed by atoms with Crippen molar-refractivity contribution in [3.63, 3.8) is 0 Å². The fourth-order valence-electron chi connectivity index (χ4n) is 2.20. The van der Waals surface area contributed by atoms with E-state index in [0.29, 0.717) is 0 Å². The Balaban J connectivity index is 2.22. The molecule has 0 aliphatic heterocycles. The molecule has 21 heavy (non-hydrogen) atoms. The van der Waals surface area contributed by atoms with Crippen molar-refractivity contribution in [1.82, 2.24) is 5.32 Å². The Kier molecular flexibility index (Phi) is 6.34. The lowest BCUT2D eigenvalue weighted by Gasteiger charge is -2.12. The van der Waals surface area contributed by atoms with Crippen LogP contribution in [0.1, 0.15) is 30.0 Å². The first-order valence-electron chi connectivity index (χ1n) is 7.34. The first-order valence-corrected chi connectivity index (χ1v) is 8.95. The summed E-state index contributed by atoms with van der Waals surface area (Å²) in [5.41, 5.74) is 4.01. The number of nitrogens with one attached hydrogen (secondary N) is 1. The van der Waals surface area contributed by atoms with E-state index >= 15 is 0 Å². The maximum absolute atomic E-state index is 3.59. The van der Waals surface area contributed by atoms with Gasteiger partial charge in [0.1, 0.15) is 0 Å². The second-order valence-corrected chi connectivity index (χ2v) is 7.30. The number of halogens is 1. The van der Waals surface area contributed by atoms with Gasteiger partial charge < -0.3 is 5.32 Å². The zero-order valence-corrected chi connectivity index (χ0v) is 15.3. The van der Waals surface area contributed by atoms with Crippen LogP contribution in [-0.2, 0) is 6.54 Å². The van der Waals surface area contributed by atoms with Crippen LogP contribution in [0.4, 0.5) is 0 Å². The van der Waals surface area contributed by atoms with Crippen molar-refractivity contribution < 1.29 is 0 Å². The van der Waals surface area contributed by atoms with Crippen LogP contribution in [-0.4, -0.2) is 6.54 Å². The van der Waals surface area contributed by atoms with Crippen molar-refractivity contribution in [2.45, 2.75) is 43.5 Å². The van der Waals surface area contributed by atoms with Gasteiger partial charge in [-0.3, -0.25) is 0 Å². The third kappa shape index (κ3) is 4.87. The number of hydrogen-bond acceptors (Lipinski definition) is 2. The largest absolute Gasteiger partial charge is 0.313 e. The summed E-state index contributed by atoms with van der Waals surface area (Å²) in [6.45, 7) is 8.50. The molecule has 0 saturated carbocycles. The number of aryl methyl sites for hydroxylation is 2. The van der Waals surface area contributed by atoms with Gasteiger partial charge in [-0.15, -0.1) is 0 Å². The van der Waals surface area contributed by atoms with Gasteiger partial charge in [-0.1, -0.05) is 58.4 Å². The molecule has 0 aromatic heterocycles. The minimum atomic E-state index is 0.925. The molecule has 3 heteroatoms. The highest BCUT2D eigenvalue weighted by molar-refractivity contribution is 9.10. The summed E-state index contributed by atoms with van der Waals surface area (Å²) in [5.74, 6) is 0. The van der Waals surface area contributed by atoms with Crippen LogP contribution in [0.2, 0.25) is 0 Å². The molecule has 1 nitrogen and oxygen atoms in total. The fraction of sp³-hybridized carbons (Fsp3) is 0.333. The highest BCUT2D eigenvalue weighted by atomic mass is 79.9. The van der Waals surface area contributed by atoms with Crippen LogP contribution in [0.3, 0.4) is 0 Å². The van der Waals surface area contributed by atoms with Crippen molar-refractivity contribution in [3.05, 3.63) is 57.6 Å². The second-order valence-electron chi connectivity index (χ2n) is 5.30. The van der Waals surface area contributed by atoms with E-state index in [-0.39, 0.29) is 0 Å². The topological polar surface area (TPSA) is 12.0 Å². The van der Waals surface area contributed by atoms with Gasteiger partial charge in [-0.2, -0.15) is 0 Å². The minimum Gasteiger partial charge on any atom is -0.313 e. The maximum Gasteiger partial charge on any atom is 0.0216 e. The second kappa shape index (κ2) is 8.02. The Labute approximate surface area is 140 Å². The number of benzene rings is 2. The monoisotopic (exact) mass is 363 g/mol. The summed E-state index contributed by atoms with van der Waals surface area (Å²) in [4.78, 5) is 2.65. The van der Waals surface area contributed by atoms with Crippen LogP contribution in [0, 0.1) is 13.8 Å². The summed E-state index contributed by atoms with van der Waals surface area (Å²) >= 11 is 5.44. The fourth-order valence-corrected chi connectivity index (χ4v) is 3.76. The van der Waals surface area contributed by atoms with Gasteiger partial charge in [0.05, 0.1) is 0 Å². The molecule has 1 N–H and O–H groups in total. The smallest absolute Gasteiger partial charge is 0.0216 e. The van der Waals surface area contributed by atoms with E-state index in [4.69, 9.17) is 0 Å². The molecular formula is C18H22BrNS. The van der Waals surface area contributed by atoms with Crippen molar-refractivity contribution in [2.75, 3.05) is 6.54 Å². The average Bonchev–Trinajstić information content (AvgIpc) is 2.44. The molecule has 0 aliphatic rings. The molecule has 0 bridgehead atoms. The first kappa shape index (κ1) is 16.6. The van der Waals surface area contributed by atoms with Gasteiger partial charge in [0.25, 0.3) is 0 Å². The first-order chi connectivity index (χ1) is 10.1. The van der Waals surface area contributed by atoms with Gasteiger partial charge in [0.2, 0.25) is 0 Å². The Morgan fingerprint density at radius 3 is 2.57 bits per heavy atom. The molecule has 2 aromatic rings. The molecular weight excluding hydrogens is 342 g/mol. The zero-order valence-electron chi connectivity index (χ0n) is 12.9. The van der Waals surface area contributed by atoms with Crippen LogP contribution in [0.5, 0.6) is 0 Å². The average molecular weight is 364 g/mol. The molecule has 2 rings (SSSR count). The Hall–Kier alpha value is -0.770. The minimum absolute atomic E-state index is 0.925. The maximum atomic E-state index is 3.59. The number of hydrogen-bond donors (Lipinski definition) is 1. The molecule has 0 fully saturated rings. The molecule has 0 radical (unpaired) electrons. The van der Waals surface area contributed by atoms with E-state index in [1.54, 1.807) is 0 Å². The van der Waals surface area contributed by atoms with Crippen LogP contribution < -0.4 is 5.32 Å². The SMILES string of the molecule is CCCNCc1ccc(Br)cc1Sc1ccc(C)cc1C. The van der Waals surface area contributed by atoms with Gasteiger partial charge in [0, 0.05) is 20.8 Å². The van der Waals surface area contributed by atoms with Gasteiger partial charge in [-0.25, -0.2) is 0 Å². The lowest BCUT2D eigenvalue weighted by molar-refractivity contribution is 0.669. The third-order valence-electron chi connectivity index (χ3n) is 3.32. The normalized spacial score (nSPS) is 10.9. The molecule has 0 atom stereocenters. The van der Waals surface area contributed by atoms with Crippen molar-refractivity contribution in [1.29, 1.82) is 0 Å². The van der Waals surface area contributed by atoms with E-state index < -0.39 is 0 Å². The van der Waals surface area contributed by atoms with Gasteiger partial charge in [-0.05, 0) is 56.1 Å². The summed E-state index contributed by atoms with van der Waals surface area (Å²) in [6, 6.07) is 13.2. The standard InChI is InChI=1S/C18H22BrNS/c1-4-9-20-12-15-6-7-16(19)11-18(15)21-17-8-5-13(2)10-14(17)3/h5-8,10-11,20H,4,9,12H2,1-3H3. The van der Waals surface area contributed by atoms with E-state index in [1.807, 2.05) is 11.8 Å². The Morgan fingerprint density at radius 2 is 1.86 bits per heavy atom. The molecule has 0 amide bonds. The molecule has 0 unspecified atom stereocenters. The Morgan fingerprint density at radius 1 is 1.05 bits per heavy atom. The molecule has 0 aliphatic carbocycles. The summed E-state index contributed by atoms with van der Waals surface area (Å²) in [7, 11) is 0. The van der Waals surface area contributed by atoms with E-state index in [9.17, 15) is 0 Å². The predicted octanol–water partition coefficient (Wildman–Crippen LogP) is 5.72.